The van der Waals surface area contributed by atoms with Crippen LogP contribution in [-0.2, 0) is 9.59 Å². The molecule has 0 spiro atoms. The lowest BCUT2D eigenvalue weighted by molar-refractivity contribution is -0.137. The molecule has 1 saturated heterocycles. The summed E-state index contributed by atoms with van der Waals surface area (Å²) in [6, 6.07) is 0.342. The summed E-state index contributed by atoms with van der Waals surface area (Å²) in [5.74, 6) is 0.424. The summed E-state index contributed by atoms with van der Waals surface area (Å²) in [6.07, 6.45) is 7.95. The summed E-state index contributed by atoms with van der Waals surface area (Å²) >= 11 is 0. The minimum atomic E-state index is -0.721. The van der Waals surface area contributed by atoms with Crippen LogP contribution in [0.1, 0.15) is 58.3 Å². The van der Waals surface area contributed by atoms with Gasteiger partial charge in [-0.25, -0.2) is 0 Å². The fraction of sp³-hybridized carbons (Fsp3) is 0.882. The number of likely N-dealkylation sites (tertiary alicyclic amines) is 1. The quantitative estimate of drug-likeness (QED) is 0.789. The molecule has 2 aliphatic rings. The number of carboxylic acids is 1. The minimum Gasteiger partial charge on any atom is -0.481 e. The molecule has 3 unspecified atom stereocenters. The van der Waals surface area contributed by atoms with E-state index >= 15 is 0 Å². The van der Waals surface area contributed by atoms with Crippen LogP contribution < -0.4 is 5.32 Å². The molecule has 1 saturated carbocycles. The number of hydrogen-bond donors (Lipinski definition) is 2. The molecular formula is C17H30N2O3. The van der Waals surface area contributed by atoms with Gasteiger partial charge in [0.05, 0.1) is 6.54 Å². The van der Waals surface area contributed by atoms with Crippen LogP contribution >= 0.6 is 0 Å². The van der Waals surface area contributed by atoms with Gasteiger partial charge in [-0.15, -0.1) is 0 Å². The molecule has 2 fully saturated rings. The van der Waals surface area contributed by atoms with Crippen molar-refractivity contribution in [2.24, 2.45) is 11.8 Å². The Morgan fingerprint density at radius 2 is 1.95 bits per heavy atom. The van der Waals surface area contributed by atoms with Crippen molar-refractivity contribution in [2.45, 2.75) is 64.3 Å². The van der Waals surface area contributed by atoms with Crippen molar-refractivity contribution >= 4 is 11.9 Å². The molecule has 0 radical (unpaired) electrons. The van der Waals surface area contributed by atoms with Crippen LogP contribution in [0.3, 0.4) is 0 Å². The van der Waals surface area contributed by atoms with E-state index in [1.54, 1.807) is 0 Å². The Hall–Kier alpha value is -1.10. The summed E-state index contributed by atoms with van der Waals surface area (Å²) in [7, 11) is 0. The molecule has 1 heterocycles. The fourth-order valence-corrected chi connectivity index (χ4v) is 3.84. The second-order valence-electron chi connectivity index (χ2n) is 7.11. The molecule has 1 aliphatic carbocycles. The number of nitrogens with zero attached hydrogens (tertiary/aromatic N) is 1. The van der Waals surface area contributed by atoms with Crippen LogP contribution in [0.2, 0.25) is 0 Å². The predicted octanol–water partition coefficient (Wildman–Crippen LogP) is 2.26. The normalized spacial score (nSPS) is 30.0. The largest absolute Gasteiger partial charge is 0.481 e. The number of piperidine rings is 1. The molecule has 0 aromatic heterocycles. The average molecular weight is 310 g/mol. The van der Waals surface area contributed by atoms with Crippen LogP contribution in [0.4, 0.5) is 0 Å². The number of rotatable bonds is 6. The molecule has 22 heavy (non-hydrogen) atoms. The molecule has 0 aromatic carbocycles. The first-order valence-electron chi connectivity index (χ1n) is 8.78. The molecule has 126 valence electrons. The Kier molecular flexibility index (Phi) is 6.68. The zero-order valence-electron chi connectivity index (χ0n) is 13.7. The van der Waals surface area contributed by atoms with Gasteiger partial charge in [-0.05, 0) is 50.5 Å². The van der Waals surface area contributed by atoms with Gasteiger partial charge in [-0.1, -0.05) is 19.8 Å². The lowest BCUT2D eigenvalue weighted by Crippen LogP contribution is -2.47. The van der Waals surface area contributed by atoms with E-state index in [0.717, 1.165) is 38.8 Å². The van der Waals surface area contributed by atoms with Gasteiger partial charge in [0.25, 0.3) is 0 Å². The second kappa shape index (κ2) is 8.51. The Balaban J connectivity index is 1.72. The first-order valence-corrected chi connectivity index (χ1v) is 8.78. The van der Waals surface area contributed by atoms with E-state index in [2.05, 4.69) is 17.1 Å². The Labute approximate surface area is 133 Å². The van der Waals surface area contributed by atoms with Crippen molar-refractivity contribution in [3.05, 3.63) is 0 Å². The topological polar surface area (TPSA) is 69.6 Å². The molecule has 2 N–H and O–H groups in total. The predicted molar refractivity (Wildman–Crippen MR) is 85.6 cm³/mol. The first kappa shape index (κ1) is 17.3. The number of nitrogens with one attached hydrogen (secondary N) is 1. The summed E-state index contributed by atoms with van der Waals surface area (Å²) in [4.78, 5) is 25.1. The summed E-state index contributed by atoms with van der Waals surface area (Å²) in [5.41, 5.74) is 0. The average Bonchev–Trinajstić information content (AvgIpc) is 2.48. The number of carbonyl (C=O) groups is 2. The number of carbonyl (C=O) groups excluding carboxylic acids is 1. The summed E-state index contributed by atoms with van der Waals surface area (Å²) in [5, 5.41) is 12.0. The van der Waals surface area contributed by atoms with E-state index in [9.17, 15) is 9.59 Å². The number of amides is 1. The highest BCUT2D eigenvalue weighted by molar-refractivity contribution is 5.78. The number of carboxylic acid groups (broad SMARTS) is 1. The van der Waals surface area contributed by atoms with Crippen molar-refractivity contribution in [3.63, 3.8) is 0 Å². The molecule has 0 aromatic rings. The zero-order valence-corrected chi connectivity index (χ0v) is 13.7. The Morgan fingerprint density at radius 3 is 2.68 bits per heavy atom. The first-order chi connectivity index (χ1) is 10.5. The van der Waals surface area contributed by atoms with Crippen molar-refractivity contribution in [3.8, 4) is 0 Å². The van der Waals surface area contributed by atoms with Gasteiger partial charge in [0.1, 0.15) is 0 Å². The molecule has 2 rings (SSSR count). The van der Waals surface area contributed by atoms with E-state index < -0.39 is 5.97 Å². The Morgan fingerprint density at radius 1 is 1.18 bits per heavy atom. The highest BCUT2D eigenvalue weighted by atomic mass is 16.4. The fourth-order valence-electron chi connectivity index (χ4n) is 3.84. The molecule has 0 bridgehead atoms. The van der Waals surface area contributed by atoms with E-state index in [1.807, 2.05) is 0 Å². The Bertz CT molecular complexity index is 386. The van der Waals surface area contributed by atoms with Gasteiger partial charge in [-0.2, -0.15) is 0 Å². The zero-order chi connectivity index (χ0) is 15.9. The maximum Gasteiger partial charge on any atom is 0.303 e. The lowest BCUT2D eigenvalue weighted by atomic mass is 9.86. The maximum atomic E-state index is 12.3. The molecule has 1 aliphatic heterocycles. The third-order valence-electron chi connectivity index (χ3n) is 5.19. The van der Waals surface area contributed by atoms with Crippen molar-refractivity contribution in [1.82, 2.24) is 10.2 Å². The van der Waals surface area contributed by atoms with Crippen molar-refractivity contribution < 1.29 is 14.7 Å². The van der Waals surface area contributed by atoms with Crippen LogP contribution in [0.15, 0.2) is 0 Å². The number of hydrogen-bond acceptors (Lipinski definition) is 3. The SMILES string of the molecule is CC1CCCCC1NC(=O)CN1CCCC(CCC(=O)O)C1. The van der Waals surface area contributed by atoms with Crippen LogP contribution in [0.5, 0.6) is 0 Å². The maximum absolute atomic E-state index is 12.3. The third-order valence-corrected chi connectivity index (χ3v) is 5.19. The van der Waals surface area contributed by atoms with E-state index in [0.29, 0.717) is 24.4 Å². The van der Waals surface area contributed by atoms with Crippen LogP contribution in [0.25, 0.3) is 0 Å². The number of aliphatic carboxylic acids is 1. The highest BCUT2D eigenvalue weighted by Crippen LogP contribution is 2.24. The molecule has 5 heteroatoms. The molecule has 1 amide bonds. The van der Waals surface area contributed by atoms with Gasteiger partial charge >= 0.3 is 5.97 Å². The van der Waals surface area contributed by atoms with Gasteiger partial charge in [-0.3, -0.25) is 14.5 Å². The van der Waals surface area contributed by atoms with E-state index in [4.69, 9.17) is 5.11 Å². The monoisotopic (exact) mass is 310 g/mol. The van der Waals surface area contributed by atoms with E-state index in [-0.39, 0.29) is 12.3 Å². The van der Waals surface area contributed by atoms with Crippen molar-refractivity contribution in [2.75, 3.05) is 19.6 Å². The second-order valence-corrected chi connectivity index (χ2v) is 7.11. The lowest BCUT2D eigenvalue weighted by Gasteiger charge is -2.34. The smallest absolute Gasteiger partial charge is 0.303 e. The van der Waals surface area contributed by atoms with Gasteiger partial charge in [0, 0.05) is 19.0 Å². The van der Waals surface area contributed by atoms with Crippen LogP contribution in [-0.4, -0.2) is 47.6 Å². The molecular weight excluding hydrogens is 280 g/mol. The molecule has 5 nitrogen and oxygen atoms in total. The van der Waals surface area contributed by atoms with Gasteiger partial charge in [0.15, 0.2) is 0 Å². The van der Waals surface area contributed by atoms with Gasteiger partial charge < -0.3 is 10.4 Å². The van der Waals surface area contributed by atoms with Gasteiger partial charge in [0.2, 0.25) is 5.91 Å². The summed E-state index contributed by atoms with van der Waals surface area (Å²) < 4.78 is 0. The van der Waals surface area contributed by atoms with Crippen molar-refractivity contribution in [1.29, 1.82) is 0 Å². The van der Waals surface area contributed by atoms with E-state index in [1.165, 1.54) is 19.3 Å². The third kappa shape index (κ3) is 5.59. The molecule has 3 atom stereocenters. The summed E-state index contributed by atoms with van der Waals surface area (Å²) in [6.45, 7) is 4.51. The minimum absolute atomic E-state index is 0.137. The highest BCUT2D eigenvalue weighted by Gasteiger charge is 2.25. The standard InChI is InChI=1S/C17H30N2O3/c1-13-5-2-3-7-15(13)18-16(20)12-19-10-4-6-14(11-19)8-9-17(21)22/h13-15H,2-12H2,1H3,(H,18,20)(H,21,22). The van der Waals surface area contributed by atoms with Crippen LogP contribution in [0, 0.1) is 11.8 Å².